The van der Waals surface area contributed by atoms with Crippen LogP contribution in [0.3, 0.4) is 0 Å². The van der Waals surface area contributed by atoms with Crippen LogP contribution in [0.2, 0.25) is 0 Å². The topological polar surface area (TPSA) is 199 Å². The van der Waals surface area contributed by atoms with E-state index in [1.54, 1.807) is 0 Å². The van der Waals surface area contributed by atoms with Crippen molar-refractivity contribution in [1.29, 1.82) is 0 Å². The van der Waals surface area contributed by atoms with Gasteiger partial charge in [0.15, 0.2) is 12.4 Å². The fraction of sp³-hybridized carbons (Fsp3) is 0.955. The van der Waals surface area contributed by atoms with Crippen LogP contribution in [0, 0.1) is 0 Å². The highest BCUT2D eigenvalue weighted by Crippen LogP contribution is 2.46. The summed E-state index contributed by atoms with van der Waals surface area (Å²) in [4.78, 5) is 35.7. The molecule has 0 aromatic rings. The monoisotopic (exact) mass is 853 g/mol. The van der Waals surface area contributed by atoms with E-state index in [1.807, 2.05) is 0 Å². The number of carbonyl (C=O) groups excluding carboxylic acids is 2. The van der Waals surface area contributed by atoms with Crippen molar-refractivity contribution in [2.24, 2.45) is 0 Å². The third kappa shape index (κ3) is 29.2. The van der Waals surface area contributed by atoms with Crippen LogP contribution in [0.15, 0.2) is 0 Å². The third-order valence-corrected chi connectivity index (χ3v) is 11.9. The molecular weight excluding hydrogens is 767 g/mol. The second-order valence-electron chi connectivity index (χ2n) is 16.4. The second-order valence-corrected chi connectivity index (χ2v) is 17.8. The van der Waals surface area contributed by atoms with Crippen LogP contribution in [-0.4, -0.2) is 93.9 Å². The maximum Gasteiger partial charge on any atom is 0.474 e. The van der Waals surface area contributed by atoms with Gasteiger partial charge in [-0.1, -0.05) is 187 Å². The van der Waals surface area contributed by atoms with E-state index in [4.69, 9.17) is 23.3 Å². The number of ether oxygens (including phenoxy) is 3. The molecule has 1 aliphatic rings. The van der Waals surface area contributed by atoms with Crippen LogP contribution >= 0.6 is 7.82 Å². The summed E-state index contributed by atoms with van der Waals surface area (Å²) >= 11 is 0. The van der Waals surface area contributed by atoms with Crippen molar-refractivity contribution in [1.82, 2.24) is 0 Å². The van der Waals surface area contributed by atoms with Crippen LogP contribution in [0.5, 0.6) is 0 Å². The Balaban J connectivity index is 2.42. The van der Waals surface area contributed by atoms with Crippen molar-refractivity contribution in [3.8, 4) is 0 Å². The van der Waals surface area contributed by atoms with Crippen molar-refractivity contribution in [3.05, 3.63) is 0 Å². The van der Waals surface area contributed by atoms with E-state index in [0.717, 1.165) is 38.5 Å². The van der Waals surface area contributed by atoms with E-state index in [-0.39, 0.29) is 12.8 Å². The van der Waals surface area contributed by atoms with Crippen molar-refractivity contribution in [2.45, 2.75) is 250 Å². The minimum absolute atomic E-state index is 0.125. The van der Waals surface area contributed by atoms with Gasteiger partial charge >= 0.3 is 19.8 Å². The number of rotatable bonds is 40. The van der Waals surface area contributed by atoms with Crippen LogP contribution in [0.25, 0.3) is 0 Å². The van der Waals surface area contributed by atoms with Crippen molar-refractivity contribution >= 4 is 19.8 Å². The minimum atomic E-state index is -5.02. The molecule has 0 radical (unpaired) electrons. The lowest BCUT2D eigenvalue weighted by molar-refractivity contribution is -0.281. The van der Waals surface area contributed by atoms with Crippen LogP contribution in [0.1, 0.15) is 213 Å². The summed E-state index contributed by atoms with van der Waals surface area (Å²) in [7, 11) is -5.02. The van der Waals surface area contributed by atoms with Crippen LogP contribution < -0.4 is 0 Å². The molecule has 58 heavy (non-hydrogen) atoms. The summed E-state index contributed by atoms with van der Waals surface area (Å²) in [5.41, 5.74) is 0. The number of hydrogen-bond donors (Lipinski definition) is 5. The van der Waals surface area contributed by atoms with E-state index in [0.29, 0.717) is 12.8 Å². The fourth-order valence-corrected chi connectivity index (χ4v) is 8.07. The molecule has 1 heterocycles. The summed E-state index contributed by atoms with van der Waals surface area (Å²) in [6.45, 7) is 2.64. The predicted octanol–water partition coefficient (Wildman–Crippen LogP) is 9.51. The lowest BCUT2D eigenvalue weighted by atomic mass is 10.00. The van der Waals surface area contributed by atoms with Gasteiger partial charge in [0, 0.05) is 12.8 Å². The van der Waals surface area contributed by atoms with Gasteiger partial charge < -0.3 is 39.5 Å². The van der Waals surface area contributed by atoms with Gasteiger partial charge in [-0.3, -0.25) is 18.6 Å². The SMILES string of the molecule is CCCCCCCCCCCCCCCCCCC(=O)OC[C@H](COP(=O)(O)O[C@@H]1O[C@H](CO)[C@@H](O)[C@H](O)[C@H]1O)OC(=O)CCCCCCCCCCCCCCC. The Bertz CT molecular complexity index is 1030. The first-order valence-electron chi connectivity index (χ1n) is 23.4. The molecule has 0 spiro atoms. The van der Waals surface area contributed by atoms with Crippen molar-refractivity contribution in [3.63, 3.8) is 0 Å². The predicted molar refractivity (Wildman–Crippen MR) is 226 cm³/mol. The summed E-state index contributed by atoms with van der Waals surface area (Å²) in [6.07, 6.45) is 25.1. The first-order valence-corrected chi connectivity index (χ1v) is 24.9. The lowest BCUT2D eigenvalue weighted by Crippen LogP contribution is -2.58. The summed E-state index contributed by atoms with van der Waals surface area (Å²) < 4.78 is 38.8. The molecule has 14 heteroatoms. The third-order valence-electron chi connectivity index (χ3n) is 11.0. The van der Waals surface area contributed by atoms with Gasteiger partial charge in [0.1, 0.15) is 31.0 Å². The molecule has 1 unspecified atom stereocenters. The molecule has 0 amide bonds. The van der Waals surface area contributed by atoms with Gasteiger partial charge in [-0.2, -0.15) is 0 Å². The standard InChI is InChI=1S/C44H85O13P/c1-3-5-7-9-11-13-15-17-18-19-21-22-24-26-28-30-32-39(46)53-35-37(36-54-58(51,52)57-44-43(50)42(49)41(48)38(34-45)56-44)55-40(47)33-31-29-27-25-23-20-16-14-12-10-8-6-4-2/h37-38,41-45,48-50H,3-36H2,1-2H3,(H,51,52)/t37-,38-,41-,42+,43-,44+/m1/s1. The van der Waals surface area contributed by atoms with E-state index in [2.05, 4.69) is 13.8 Å². The quantitative estimate of drug-likeness (QED) is 0.0222. The Morgan fingerprint density at radius 3 is 1.33 bits per heavy atom. The first kappa shape index (κ1) is 54.9. The van der Waals surface area contributed by atoms with Gasteiger partial charge in [-0.05, 0) is 12.8 Å². The van der Waals surface area contributed by atoms with Crippen LogP contribution in [-0.2, 0) is 37.4 Å². The second kappa shape index (κ2) is 36.5. The Kier molecular flexibility index (Phi) is 34.5. The molecule has 1 fully saturated rings. The molecule has 13 nitrogen and oxygen atoms in total. The Morgan fingerprint density at radius 2 is 0.931 bits per heavy atom. The van der Waals surface area contributed by atoms with E-state index < -0.39 is 76.4 Å². The van der Waals surface area contributed by atoms with Gasteiger partial charge in [0.05, 0.1) is 13.2 Å². The number of aliphatic hydroxyl groups is 4. The highest BCUT2D eigenvalue weighted by molar-refractivity contribution is 7.47. The zero-order chi connectivity index (χ0) is 42.7. The molecule has 1 aliphatic heterocycles. The molecule has 0 aliphatic carbocycles. The normalized spacial score (nSPS) is 21.1. The maximum absolute atomic E-state index is 12.8. The molecule has 0 saturated carbocycles. The highest BCUT2D eigenvalue weighted by Gasteiger charge is 2.47. The van der Waals surface area contributed by atoms with E-state index in [9.17, 15) is 39.5 Å². The summed E-state index contributed by atoms with van der Waals surface area (Å²) in [6, 6.07) is 0. The lowest BCUT2D eigenvalue weighted by Gasteiger charge is -2.39. The number of esters is 2. The maximum atomic E-state index is 12.8. The van der Waals surface area contributed by atoms with Crippen molar-refractivity contribution in [2.75, 3.05) is 19.8 Å². The molecular formula is C44H85O13P. The summed E-state index contributed by atoms with van der Waals surface area (Å²) in [5, 5.41) is 39.6. The van der Waals surface area contributed by atoms with Gasteiger partial charge in [-0.15, -0.1) is 0 Å². The fourth-order valence-electron chi connectivity index (χ4n) is 7.22. The molecule has 0 aromatic heterocycles. The van der Waals surface area contributed by atoms with Crippen molar-refractivity contribution < 1.29 is 62.7 Å². The highest BCUT2D eigenvalue weighted by atomic mass is 31.2. The molecule has 0 bridgehead atoms. The van der Waals surface area contributed by atoms with E-state index >= 15 is 0 Å². The molecule has 1 saturated heterocycles. The van der Waals surface area contributed by atoms with Gasteiger partial charge in [-0.25, -0.2) is 4.57 Å². The first-order chi connectivity index (χ1) is 28.0. The number of phosphoric acid groups is 1. The Hall–Kier alpha value is -1.15. The number of carbonyl (C=O) groups is 2. The number of phosphoric ester groups is 1. The zero-order valence-corrected chi connectivity index (χ0v) is 37.3. The van der Waals surface area contributed by atoms with Gasteiger partial charge in [0.25, 0.3) is 0 Å². The minimum Gasteiger partial charge on any atom is -0.462 e. The molecule has 1 rings (SSSR count). The number of hydrogen-bond acceptors (Lipinski definition) is 12. The van der Waals surface area contributed by atoms with Gasteiger partial charge in [0.2, 0.25) is 0 Å². The Labute approximate surface area is 351 Å². The number of aliphatic hydroxyl groups excluding tert-OH is 4. The average Bonchev–Trinajstić information content (AvgIpc) is 3.20. The molecule has 344 valence electrons. The number of unbranched alkanes of at least 4 members (excludes halogenated alkanes) is 27. The Morgan fingerprint density at radius 1 is 0.552 bits per heavy atom. The smallest absolute Gasteiger partial charge is 0.462 e. The zero-order valence-electron chi connectivity index (χ0n) is 36.5. The average molecular weight is 853 g/mol. The summed E-state index contributed by atoms with van der Waals surface area (Å²) in [5.74, 6) is -1.04. The molecule has 7 atom stereocenters. The van der Waals surface area contributed by atoms with Crippen LogP contribution in [0.4, 0.5) is 0 Å². The van der Waals surface area contributed by atoms with E-state index in [1.165, 1.54) is 135 Å². The largest absolute Gasteiger partial charge is 0.474 e. The molecule has 0 aromatic carbocycles. The molecule has 5 N–H and O–H groups in total.